The molecule has 0 aliphatic heterocycles. The van der Waals surface area contributed by atoms with Crippen LogP contribution in [0.1, 0.15) is 29.8 Å². The van der Waals surface area contributed by atoms with Gasteiger partial charge in [0.05, 0.1) is 25.1 Å². The number of carbonyl (C=O) groups excluding carboxylic acids is 1. The molecular weight excluding hydrogens is 454 g/mol. The largest absolute Gasteiger partial charge is 0.495 e. The maximum atomic E-state index is 13.5. The van der Waals surface area contributed by atoms with Crippen molar-refractivity contribution in [2.24, 2.45) is 0 Å². The van der Waals surface area contributed by atoms with Gasteiger partial charge in [0.25, 0.3) is 15.9 Å². The van der Waals surface area contributed by atoms with E-state index in [1.807, 2.05) is 18.7 Å². The Morgan fingerprint density at radius 2 is 1.68 bits per heavy atom. The Balaban J connectivity index is 1.99. The number of anilines is 3. The number of rotatable bonds is 10. The number of aliphatic hydroxyl groups is 1. The summed E-state index contributed by atoms with van der Waals surface area (Å²) in [6, 6.07) is 18.1. The zero-order valence-electron chi connectivity index (χ0n) is 19.4. The molecule has 0 unspecified atom stereocenters. The number of sulfonamides is 1. The normalized spacial score (nSPS) is 11.1. The molecule has 9 heteroatoms. The number of para-hydroxylation sites is 2. The molecule has 0 aliphatic rings. The van der Waals surface area contributed by atoms with Crippen LogP contribution >= 0.6 is 0 Å². The van der Waals surface area contributed by atoms with Gasteiger partial charge in [-0.25, -0.2) is 8.42 Å². The number of carbonyl (C=O) groups is 1. The molecule has 3 aromatic rings. The van der Waals surface area contributed by atoms with E-state index in [4.69, 9.17) is 4.74 Å². The predicted octanol–water partition coefficient (Wildman–Crippen LogP) is 4.09. The van der Waals surface area contributed by atoms with Crippen molar-refractivity contribution in [2.75, 3.05) is 35.1 Å². The zero-order chi connectivity index (χ0) is 24.7. The molecule has 0 bridgehead atoms. The lowest BCUT2D eigenvalue weighted by atomic mass is 10.1. The van der Waals surface area contributed by atoms with Crippen molar-refractivity contribution in [1.82, 2.24) is 0 Å². The van der Waals surface area contributed by atoms with Crippen LogP contribution < -0.4 is 19.7 Å². The zero-order valence-corrected chi connectivity index (χ0v) is 20.2. The molecule has 0 aromatic heterocycles. The molecular formula is C25H29N3O5S. The van der Waals surface area contributed by atoms with Gasteiger partial charge in [0.2, 0.25) is 0 Å². The summed E-state index contributed by atoms with van der Waals surface area (Å²) >= 11 is 0. The third kappa shape index (κ3) is 5.67. The SMILES string of the molecule is CCN(CC)c1ccc(NC(=O)c2ccc(CO)cc2)cc1S(=O)(=O)Nc1ccccc1OC. The second-order valence-corrected chi connectivity index (χ2v) is 9.12. The Morgan fingerprint density at radius 1 is 1.00 bits per heavy atom. The van der Waals surface area contributed by atoms with E-state index in [2.05, 4.69) is 10.0 Å². The topological polar surface area (TPSA) is 108 Å². The van der Waals surface area contributed by atoms with Gasteiger partial charge in [-0.2, -0.15) is 0 Å². The number of hydrogen-bond acceptors (Lipinski definition) is 6. The molecule has 0 fully saturated rings. The van der Waals surface area contributed by atoms with Gasteiger partial charge in [-0.1, -0.05) is 24.3 Å². The molecule has 0 saturated heterocycles. The summed E-state index contributed by atoms with van der Waals surface area (Å²) in [6.07, 6.45) is 0. The van der Waals surface area contributed by atoms with Gasteiger partial charge in [-0.3, -0.25) is 9.52 Å². The van der Waals surface area contributed by atoms with Gasteiger partial charge in [0.15, 0.2) is 0 Å². The van der Waals surface area contributed by atoms with Crippen molar-refractivity contribution in [1.29, 1.82) is 0 Å². The summed E-state index contributed by atoms with van der Waals surface area (Å²) in [7, 11) is -2.55. The summed E-state index contributed by atoms with van der Waals surface area (Å²) in [6.45, 7) is 4.99. The summed E-state index contributed by atoms with van der Waals surface area (Å²) in [5, 5.41) is 11.9. The van der Waals surface area contributed by atoms with Gasteiger partial charge in [0, 0.05) is 24.3 Å². The Morgan fingerprint density at radius 3 is 2.29 bits per heavy atom. The fourth-order valence-electron chi connectivity index (χ4n) is 3.53. The fourth-order valence-corrected chi connectivity index (χ4v) is 4.85. The first-order valence-corrected chi connectivity index (χ1v) is 12.4. The maximum absolute atomic E-state index is 13.5. The average Bonchev–Trinajstić information content (AvgIpc) is 2.85. The fraction of sp³-hybridized carbons (Fsp3) is 0.240. The summed E-state index contributed by atoms with van der Waals surface area (Å²) in [5.74, 6) is 0.00682. The maximum Gasteiger partial charge on any atom is 0.264 e. The highest BCUT2D eigenvalue weighted by atomic mass is 32.2. The molecule has 0 radical (unpaired) electrons. The second-order valence-electron chi connectivity index (χ2n) is 7.47. The number of amides is 1. The van der Waals surface area contributed by atoms with Crippen LogP contribution in [0.2, 0.25) is 0 Å². The van der Waals surface area contributed by atoms with Gasteiger partial charge in [-0.05, 0) is 61.9 Å². The Hall–Kier alpha value is -3.56. The number of ether oxygens (including phenoxy) is 1. The van der Waals surface area contributed by atoms with Gasteiger partial charge in [-0.15, -0.1) is 0 Å². The lowest BCUT2D eigenvalue weighted by Gasteiger charge is -2.25. The minimum atomic E-state index is -4.02. The van der Waals surface area contributed by atoms with Crippen LogP contribution in [0.25, 0.3) is 0 Å². The van der Waals surface area contributed by atoms with E-state index in [0.29, 0.717) is 47.0 Å². The van der Waals surface area contributed by atoms with Crippen LogP contribution in [-0.2, 0) is 16.6 Å². The molecule has 0 atom stereocenters. The van der Waals surface area contributed by atoms with Crippen LogP contribution in [-0.4, -0.2) is 39.6 Å². The van der Waals surface area contributed by atoms with Crippen molar-refractivity contribution in [3.63, 3.8) is 0 Å². The summed E-state index contributed by atoms with van der Waals surface area (Å²) in [5.41, 5.74) is 2.26. The first kappa shape index (κ1) is 25.1. The number of aliphatic hydroxyl groups excluding tert-OH is 1. The van der Waals surface area contributed by atoms with Crippen molar-refractivity contribution in [3.05, 3.63) is 77.9 Å². The van der Waals surface area contributed by atoms with Crippen LogP contribution in [0.5, 0.6) is 5.75 Å². The molecule has 180 valence electrons. The van der Waals surface area contributed by atoms with E-state index in [0.717, 1.165) is 0 Å². The highest BCUT2D eigenvalue weighted by molar-refractivity contribution is 7.93. The van der Waals surface area contributed by atoms with E-state index in [-0.39, 0.29) is 17.4 Å². The van der Waals surface area contributed by atoms with Gasteiger partial charge < -0.3 is 20.1 Å². The van der Waals surface area contributed by atoms with E-state index in [9.17, 15) is 18.3 Å². The monoisotopic (exact) mass is 483 g/mol. The molecule has 3 N–H and O–H groups in total. The first-order valence-electron chi connectivity index (χ1n) is 10.9. The third-order valence-corrected chi connectivity index (χ3v) is 6.76. The molecule has 1 amide bonds. The smallest absolute Gasteiger partial charge is 0.264 e. The quantitative estimate of drug-likeness (QED) is 0.401. The Bertz CT molecular complexity index is 1240. The predicted molar refractivity (Wildman–Crippen MR) is 134 cm³/mol. The van der Waals surface area contributed by atoms with Gasteiger partial charge >= 0.3 is 0 Å². The van der Waals surface area contributed by atoms with E-state index < -0.39 is 10.0 Å². The number of nitrogens with zero attached hydrogens (tertiary/aromatic N) is 1. The van der Waals surface area contributed by atoms with Crippen LogP contribution in [0.15, 0.2) is 71.6 Å². The van der Waals surface area contributed by atoms with E-state index in [1.165, 1.54) is 13.2 Å². The number of methoxy groups -OCH3 is 1. The van der Waals surface area contributed by atoms with Crippen molar-refractivity contribution in [3.8, 4) is 5.75 Å². The Labute approximate surface area is 200 Å². The first-order chi connectivity index (χ1) is 16.3. The number of nitrogens with one attached hydrogen (secondary N) is 2. The summed E-state index contributed by atoms with van der Waals surface area (Å²) < 4.78 is 34.8. The van der Waals surface area contributed by atoms with E-state index >= 15 is 0 Å². The number of hydrogen-bond donors (Lipinski definition) is 3. The van der Waals surface area contributed by atoms with Gasteiger partial charge in [0.1, 0.15) is 10.6 Å². The molecule has 0 spiro atoms. The Kier molecular flexibility index (Phi) is 8.14. The highest BCUT2D eigenvalue weighted by Crippen LogP contribution is 2.32. The van der Waals surface area contributed by atoms with Crippen molar-refractivity contribution < 1.29 is 23.1 Å². The second kappa shape index (κ2) is 11.0. The standard InChI is InChI=1S/C25H29N3O5S/c1-4-28(5-2)22-15-14-20(26-25(30)19-12-10-18(17-29)11-13-19)16-24(22)34(31,32)27-21-8-6-7-9-23(21)33-3/h6-16,27,29H,4-5,17H2,1-3H3,(H,26,30). The minimum absolute atomic E-state index is 0.0375. The highest BCUT2D eigenvalue weighted by Gasteiger charge is 2.24. The molecule has 0 aliphatic carbocycles. The molecule has 3 aromatic carbocycles. The van der Waals surface area contributed by atoms with Crippen LogP contribution in [0.4, 0.5) is 17.1 Å². The average molecular weight is 484 g/mol. The van der Waals surface area contributed by atoms with Crippen LogP contribution in [0, 0.1) is 0 Å². The van der Waals surface area contributed by atoms with Crippen molar-refractivity contribution in [2.45, 2.75) is 25.3 Å². The summed E-state index contributed by atoms with van der Waals surface area (Å²) in [4.78, 5) is 14.7. The molecule has 0 heterocycles. The van der Waals surface area contributed by atoms with Crippen LogP contribution in [0.3, 0.4) is 0 Å². The third-order valence-electron chi connectivity index (χ3n) is 5.36. The lowest BCUT2D eigenvalue weighted by Crippen LogP contribution is -2.26. The molecule has 0 saturated carbocycles. The number of benzene rings is 3. The van der Waals surface area contributed by atoms with E-state index in [1.54, 1.807) is 60.7 Å². The lowest BCUT2D eigenvalue weighted by molar-refractivity contribution is 0.102. The molecule has 8 nitrogen and oxygen atoms in total. The molecule has 34 heavy (non-hydrogen) atoms. The molecule has 3 rings (SSSR count). The minimum Gasteiger partial charge on any atom is -0.495 e. The van der Waals surface area contributed by atoms with Crippen molar-refractivity contribution >= 4 is 33.0 Å².